The number of nitrogens with one attached hydrogen (secondary N) is 1. The molecule has 2 aliphatic heterocycles. The molecule has 2 saturated heterocycles. The van der Waals surface area contributed by atoms with E-state index >= 15 is 0 Å². The third-order valence-electron chi connectivity index (χ3n) is 7.47. The number of rotatable bonds is 10. The average Bonchev–Trinajstić information content (AvgIpc) is 3.11. The molecule has 5 rings (SSSR count). The van der Waals surface area contributed by atoms with Crippen LogP contribution in [-0.4, -0.2) is 75.3 Å². The van der Waals surface area contributed by atoms with Crippen molar-refractivity contribution in [1.29, 1.82) is 0 Å². The number of piperidine rings is 2. The molecular formula is C36H45F6N2O7Pd-. The Hall–Kier alpha value is -3.71. The Bertz CT molecular complexity index is 1380. The Labute approximate surface area is 314 Å². The molecule has 2 unspecified atom stereocenters. The van der Waals surface area contributed by atoms with Gasteiger partial charge in [0, 0.05) is 59.0 Å². The van der Waals surface area contributed by atoms with Crippen LogP contribution in [0, 0.1) is 19.3 Å². The van der Waals surface area contributed by atoms with E-state index in [9.17, 15) is 31.1 Å². The van der Waals surface area contributed by atoms with E-state index in [1.165, 1.54) is 48.5 Å². The number of carbonyl (C=O) groups is 1. The topological polar surface area (TPSA) is 98.7 Å². The second-order valence-corrected chi connectivity index (χ2v) is 11.4. The smallest absolute Gasteiger partial charge is 0.493 e. The molecule has 3 aromatic rings. The molecule has 2 N–H and O–H groups in total. The molecule has 2 fully saturated rings. The van der Waals surface area contributed by atoms with Gasteiger partial charge in [0.1, 0.15) is 29.6 Å². The van der Waals surface area contributed by atoms with Crippen LogP contribution in [0.1, 0.15) is 31.2 Å². The first-order valence-corrected chi connectivity index (χ1v) is 16.0. The normalized spacial score (nSPS) is 16.9. The SMILES string of the molecule is CO.FC(F)(F)Oc1ccc(OCC2CCCNC2)cc1.O=C(OCc1ccccc1)N1CCCC(COc2ccc(OC(F)(F)F)cc2)C1.[CH3-].[Pd]. The summed E-state index contributed by atoms with van der Waals surface area (Å²) in [5, 5.41) is 10.3. The first kappa shape index (κ1) is 46.3. The van der Waals surface area contributed by atoms with Crippen LogP contribution in [-0.2, 0) is 31.8 Å². The van der Waals surface area contributed by atoms with Gasteiger partial charge in [-0.15, -0.1) is 26.3 Å². The van der Waals surface area contributed by atoms with Gasteiger partial charge in [0.15, 0.2) is 0 Å². The molecule has 2 heterocycles. The molecule has 2 aliphatic rings. The van der Waals surface area contributed by atoms with Crippen LogP contribution in [0.5, 0.6) is 23.0 Å². The molecule has 1 amide bonds. The number of aliphatic hydroxyl groups is 1. The van der Waals surface area contributed by atoms with Crippen molar-refractivity contribution in [3.63, 3.8) is 0 Å². The first-order chi connectivity index (χ1) is 23.9. The second-order valence-electron chi connectivity index (χ2n) is 11.4. The van der Waals surface area contributed by atoms with Crippen LogP contribution in [0.15, 0.2) is 78.9 Å². The van der Waals surface area contributed by atoms with Gasteiger partial charge in [0.25, 0.3) is 0 Å². The quantitative estimate of drug-likeness (QED) is 0.120. The summed E-state index contributed by atoms with van der Waals surface area (Å²) in [6, 6.07) is 20.2. The minimum absolute atomic E-state index is 0. The van der Waals surface area contributed by atoms with Crippen LogP contribution < -0.4 is 24.3 Å². The third kappa shape index (κ3) is 18.7. The molecule has 0 spiro atoms. The summed E-state index contributed by atoms with van der Waals surface area (Å²) >= 11 is 0. The maximum Gasteiger partial charge on any atom is 0.573 e. The van der Waals surface area contributed by atoms with E-state index in [2.05, 4.69) is 14.8 Å². The number of ether oxygens (including phenoxy) is 5. The first-order valence-electron chi connectivity index (χ1n) is 16.0. The summed E-state index contributed by atoms with van der Waals surface area (Å²) in [7, 11) is 1.00. The number of carbonyl (C=O) groups excluding carboxylic acids is 1. The van der Waals surface area contributed by atoms with Crippen LogP contribution in [0.2, 0.25) is 0 Å². The summed E-state index contributed by atoms with van der Waals surface area (Å²) < 4.78 is 96.7. The maximum absolute atomic E-state index is 12.3. The summed E-state index contributed by atoms with van der Waals surface area (Å²) in [4.78, 5) is 14.0. The predicted octanol–water partition coefficient (Wildman–Crippen LogP) is 8.03. The zero-order valence-corrected chi connectivity index (χ0v) is 30.4. The van der Waals surface area contributed by atoms with Crippen molar-refractivity contribution in [3.8, 4) is 23.0 Å². The minimum Gasteiger partial charge on any atom is -0.493 e. The van der Waals surface area contributed by atoms with E-state index in [0.717, 1.165) is 51.4 Å². The van der Waals surface area contributed by atoms with Gasteiger partial charge in [-0.25, -0.2) is 4.79 Å². The molecule has 3 aromatic carbocycles. The fraction of sp³-hybridized carbons (Fsp3) is 0.444. The Balaban J connectivity index is 0.000000513. The fourth-order valence-corrected chi connectivity index (χ4v) is 5.15. The van der Waals surface area contributed by atoms with Crippen LogP contribution in [0.3, 0.4) is 0 Å². The number of hydrogen-bond donors (Lipinski definition) is 2. The van der Waals surface area contributed by atoms with Gasteiger partial charge in [-0.2, -0.15) is 0 Å². The van der Waals surface area contributed by atoms with Crippen molar-refractivity contribution in [1.82, 2.24) is 10.2 Å². The van der Waals surface area contributed by atoms with Gasteiger partial charge in [0.05, 0.1) is 13.2 Å². The average molecular weight is 838 g/mol. The second kappa shape index (κ2) is 23.8. The van der Waals surface area contributed by atoms with Crippen LogP contribution in [0.25, 0.3) is 0 Å². The largest absolute Gasteiger partial charge is 0.573 e. The Kier molecular flexibility index (Phi) is 21.2. The molecule has 16 heteroatoms. The van der Waals surface area contributed by atoms with E-state index in [0.29, 0.717) is 43.7 Å². The molecule has 2 atom stereocenters. The third-order valence-corrected chi connectivity index (χ3v) is 7.47. The summed E-state index contributed by atoms with van der Waals surface area (Å²) in [5.74, 6) is 1.05. The molecule has 0 aromatic heterocycles. The molecule has 0 bridgehead atoms. The number of hydrogen-bond acceptors (Lipinski definition) is 8. The minimum atomic E-state index is -4.72. The molecule has 0 saturated carbocycles. The standard InChI is InChI=1S/C21H22F3NO4.C13H16F3NO2.CH4O.CH3.Pd/c22-21(23,24)29-19-10-8-18(9-11-19)27-15-17-7-4-12-25(13-17)20(26)28-14-16-5-2-1-3-6-16;14-13(15,16)19-12-5-3-11(4-6-12)18-9-10-2-1-7-17-8-10;1-2;;/h1-3,5-6,8-11,17H,4,7,12-15H2;3-6,10,17H,1-2,7-9H2;2H,1H3;1H3;/q;;;-1;. The van der Waals surface area contributed by atoms with Crippen LogP contribution in [0.4, 0.5) is 31.1 Å². The zero-order valence-electron chi connectivity index (χ0n) is 28.9. The zero-order chi connectivity index (χ0) is 36.4. The van der Waals surface area contributed by atoms with E-state index in [4.69, 9.17) is 19.3 Å². The van der Waals surface area contributed by atoms with Crippen LogP contribution >= 0.6 is 0 Å². The van der Waals surface area contributed by atoms with Crippen molar-refractivity contribution in [3.05, 3.63) is 91.9 Å². The Morgan fingerprint density at radius 2 is 1.23 bits per heavy atom. The maximum atomic E-state index is 12.3. The molecule has 52 heavy (non-hydrogen) atoms. The van der Waals surface area contributed by atoms with Gasteiger partial charge in [-0.05, 0) is 86.3 Å². The predicted molar refractivity (Wildman–Crippen MR) is 178 cm³/mol. The van der Waals surface area contributed by atoms with Crippen molar-refractivity contribution in [2.24, 2.45) is 11.8 Å². The number of halogens is 6. The monoisotopic (exact) mass is 837 g/mol. The molecule has 0 radical (unpaired) electrons. The van der Waals surface area contributed by atoms with E-state index in [-0.39, 0.29) is 58.0 Å². The molecule has 0 aliphatic carbocycles. The number of benzene rings is 3. The molecular weight excluding hydrogens is 793 g/mol. The molecule has 294 valence electrons. The fourth-order valence-electron chi connectivity index (χ4n) is 5.15. The number of alkyl halides is 6. The van der Waals surface area contributed by atoms with Gasteiger partial charge < -0.3 is 46.4 Å². The summed E-state index contributed by atoms with van der Waals surface area (Å²) in [6.45, 7) is 4.28. The number of aliphatic hydroxyl groups excluding tert-OH is 1. The van der Waals surface area contributed by atoms with E-state index in [1.807, 2.05) is 30.3 Å². The Morgan fingerprint density at radius 3 is 1.71 bits per heavy atom. The molecule has 9 nitrogen and oxygen atoms in total. The number of nitrogens with zero attached hydrogens (tertiary/aromatic N) is 1. The number of amides is 1. The summed E-state index contributed by atoms with van der Waals surface area (Å²) in [5.41, 5.74) is 0.927. The van der Waals surface area contributed by atoms with Gasteiger partial charge >= 0.3 is 18.8 Å². The summed E-state index contributed by atoms with van der Waals surface area (Å²) in [6.07, 6.45) is -5.74. The van der Waals surface area contributed by atoms with Gasteiger partial charge in [0.2, 0.25) is 0 Å². The van der Waals surface area contributed by atoms with E-state index < -0.39 is 12.7 Å². The van der Waals surface area contributed by atoms with Crippen molar-refractivity contribution in [2.45, 2.75) is 45.0 Å². The van der Waals surface area contributed by atoms with Crippen molar-refractivity contribution < 1.29 is 80.4 Å². The van der Waals surface area contributed by atoms with E-state index in [1.54, 1.807) is 4.90 Å². The van der Waals surface area contributed by atoms with Gasteiger partial charge in [-0.1, -0.05) is 30.3 Å². The van der Waals surface area contributed by atoms with Crippen molar-refractivity contribution in [2.75, 3.05) is 46.5 Å². The Morgan fingerprint density at radius 1 is 0.750 bits per heavy atom. The number of likely N-dealkylation sites (tertiary alicyclic amines) is 1. The van der Waals surface area contributed by atoms with Crippen molar-refractivity contribution >= 4 is 6.09 Å². The van der Waals surface area contributed by atoms with Gasteiger partial charge in [-0.3, -0.25) is 0 Å².